The van der Waals surface area contributed by atoms with Gasteiger partial charge in [-0.2, -0.15) is 0 Å². The quantitative estimate of drug-likeness (QED) is 0.500. The van der Waals surface area contributed by atoms with E-state index in [1.54, 1.807) is 36.6 Å². The lowest BCUT2D eigenvalue weighted by molar-refractivity contribution is 0.416. The highest BCUT2D eigenvalue weighted by atomic mass is 79.9. The number of sulfone groups is 1. The first-order chi connectivity index (χ1) is 14.0. The van der Waals surface area contributed by atoms with Crippen molar-refractivity contribution in [2.75, 3.05) is 25.1 Å². The van der Waals surface area contributed by atoms with Crippen molar-refractivity contribution in [3.05, 3.63) is 58.4 Å². The van der Waals surface area contributed by atoms with E-state index < -0.39 is 9.84 Å². The van der Waals surface area contributed by atoms with E-state index in [4.69, 9.17) is 9.72 Å². The van der Waals surface area contributed by atoms with Crippen LogP contribution in [0.5, 0.6) is 5.75 Å². The lowest BCUT2D eigenvalue weighted by Crippen LogP contribution is -2.39. The van der Waals surface area contributed by atoms with E-state index in [1.165, 1.54) is 0 Å². The molecule has 0 spiro atoms. The van der Waals surface area contributed by atoms with Gasteiger partial charge in [-0.05, 0) is 43.2 Å². The highest BCUT2D eigenvalue weighted by Gasteiger charge is 2.32. The molecule has 0 bridgehead atoms. The molecule has 1 fully saturated rings. The Morgan fingerprint density at radius 3 is 2.62 bits per heavy atom. The van der Waals surface area contributed by atoms with E-state index in [9.17, 15) is 8.42 Å². The number of ether oxygens (including phenoxy) is 1. The van der Waals surface area contributed by atoms with Gasteiger partial charge in [0.2, 0.25) is 0 Å². The number of aromatic nitrogens is 1. The molecule has 0 radical (unpaired) electrons. The van der Waals surface area contributed by atoms with Gasteiger partial charge < -0.3 is 9.64 Å². The average molecular weight is 493 g/mol. The van der Waals surface area contributed by atoms with Crippen LogP contribution in [0.2, 0.25) is 0 Å². The Kier molecular flexibility index (Phi) is 5.94. The number of hydrogen-bond donors (Lipinski definition) is 0. The molecule has 0 amide bonds. The van der Waals surface area contributed by atoms with Gasteiger partial charge in [0.15, 0.2) is 15.0 Å². The van der Waals surface area contributed by atoms with Gasteiger partial charge in [-0.15, -0.1) is 11.3 Å². The number of rotatable bonds is 5. The van der Waals surface area contributed by atoms with Crippen molar-refractivity contribution >= 4 is 42.2 Å². The Balaban J connectivity index is 1.47. The van der Waals surface area contributed by atoms with Crippen LogP contribution >= 0.6 is 27.3 Å². The van der Waals surface area contributed by atoms with E-state index in [0.29, 0.717) is 30.8 Å². The van der Waals surface area contributed by atoms with Crippen LogP contribution < -0.4 is 9.64 Å². The predicted molar refractivity (Wildman–Crippen MR) is 121 cm³/mol. The topological polar surface area (TPSA) is 59.5 Å². The zero-order chi connectivity index (χ0) is 20.4. The summed E-state index contributed by atoms with van der Waals surface area (Å²) in [6.07, 6.45) is 1.19. The molecular weight excluding hydrogens is 472 g/mol. The Morgan fingerprint density at radius 2 is 1.90 bits per heavy atom. The monoisotopic (exact) mass is 492 g/mol. The Bertz CT molecular complexity index is 1110. The van der Waals surface area contributed by atoms with Gasteiger partial charge in [0, 0.05) is 28.5 Å². The summed E-state index contributed by atoms with van der Waals surface area (Å²) in [5.41, 5.74) is 1.84. The number of nitrogens with zero attached hydrogens (tertiary/aromatic N) is 2. The minimum Gasteiger partial charge on any atom is -0.496 e. The molecule has 3 aromatic rings. The van der Waals surface area contributed by atoms with Crippen molar-refractivity contribution in [2.24, 2.45) is 0 Å². The lowest BCUT2D eigenvalue weighted by Gasteiger charge is -2.31. The molecule has 2 aromatic carbocycles. The van der Waals surface area contributed by atoms with Gasteiger partial charge >= 0.3 is 0 Å². The molecule has 0 N–H and O–H groups in total. The molecule has 8 heteroatoms. The Hall–Kier alpha value is -1.90. The maximum absolute atomic E-state index is 13.0. The fraction of sp³-hybridized carbons (Fsp3) is 0.286. The highest BCUT2D eigenvalue weighted by Crippen LogP contribution is 2.35. The molecule has 152 valence electrons. The highest BCUT2D eigenvalue weighted by molar-refractivity contribution is 9.10. The summed E-state index contributed by atoms with van der Waals surface area (Å²) in [5, 5.41) is 2.59. The standard InChI is InChI=1S/C21H21BrN2O3S2/c1-27-20-8-3-2-7-18(20)19-14-28-21(23-19)24-11-9-16(10-12-24)29(25,26)17-6-4-5-15(22)13-17/h2-8,13-14,16H,9-12H2,1H3. The minimum atomic E-state index is -3.33. The zero-order valence-electron chi connectivity index (χ0n) is 15.9. The molecule has 29 heavy (non-hydrogen) atoms. The molecule has 1 saturated heterocycles. The van der Waals surface area contributed by atoms with Crippen molar-refractivity contribution in [2.45, 2.75) is 23.0 Å². The zero-order valence-corrected chi connectivity index (χ0v) is 19.1. The Labute approximate surface area is 183 Å². The van der Waals surface area contributed by atoms with Gasteiger partial charge in [0.25, 0.3) is 0 Å². The molecule has 0 aliphatic carbocycles. The summed E-state index contributed by atoms with van der Waals surface area (Å²) in [4.78, 5) is 7.34. The summed E-state index contributed by atoms with van der Waals surface area (Å²) in [6, 6.07) is 14.8. The number of para-hydroxylation sites is 1. The third kappa shape index (κ3) is 4.20. The number of piperidine rings is 1. The van der Waals surface area contributed by atoms with Crippen molar-refractivity contribution in [1.82, 2.24) is 4.98 Å². The number of hydrogen-bond acceptors (Lipinski definition) is 6. The number of methoxy groups -OCH3 is 1. The third-order valence-electron chi connectivity index (χ3n) is 5.15. The van der Waals surface area contributed by atoms with Gasteiger partial charge in [-0.25, -0.2) is 13.4 Å². The van der Waals surface area contributed by atoms with E-state index in [0.717, 1.165) is 26.6 Å². The summed E-state index contributed by atoms with van der Waals surface area (Å²) < 4.78 is 32.2. The van der Waals surface area contributed by atoms with Crippen LogP contribution in [0.15, 0.2) is 63.3 Å². The fourth-order valence-electron chi connectivity index (χ4n) is 3.58. The molecule has 0 saturated carbocycles. The van der Waals surface area contributed by atoms with E-state index >= 15 is 0 Å². The van der Waals surface area contributed by atoms with Crippen molar-refractivity contribution in [3.63, 3.8) is 0 Å². The van der Waals surface area contributed by atoms with Crippen LogP contribution in [0, 0.1) is 0 Å². The second kappa shape index (κ2) is 8.45. The molecule has 5 nitrogen and oxygen atoms in total. The number of thiazole rings is 1. The van der Waals surface area contributed by atoms with Crippen LogP contribution in [0.1, 0.15) is 12.8 Å². The molecular formula is C21H21BrN2O3S2. The van der Waals surface area contributed by atoms with Gasteiger partial charge in [0.05, 0.1) is 22.9 Å². The molecule has 2 heterocycles. The number of halogens is 1. The fourth-order valence-corrected chi connectivity index (χ4v) is 6.79. The minimum absolute atomic E-state index is 0.360. The number of benzene rings is 2. The molecule has 0 unspecified atom stereocenters. The van der Waals surface area contributed by atoms with Gasteiger partial charge in [-0.3, -0.25) is 0 Å². The largest absolute Gasteiger partial charge is 0.496 e. The molecule has 1 aromatic heterocycles. The second-order valence-electron chi connectivity index (χ2n) is 6.90. The first kappa shape index (κ1) is 20.4. The molecule has 4 rings (SSSR count). The maximum Gasteiger partial charge on any atom is 0.185 e. The summed E-state index contributed by atoms with van der Waals surface area (Å²) in [6.45, 7) is 1.35. The predicted octanol–water partition coefficient (Wildman–Crippen LogP) is 5.02. The average Bonchev–Trinajstić information content (AvgIpc) is 3.24. The van der Waals surface area contributed by atoms with Gasteiger partial charge in [0.1, 0.15) is 5.75 Å². The number of anilines is 1. The molecule has 0 atom stereocenters. The third-order valence-corrected chi connectivity index (χ3v) is 8.81. The van der Waals surface area contributed by atoms with Crippen molar-refractivity contribution in [3.8, 4) is 17.0 Å². The lowest BCUT2D eigenvalue weighted by atomic mass is 10.1. The maximum atomic E-state index is 13.0. The summed E-state index contributed by atoms with van der Waals surface area (Å²) in [5.74, 6) is 0.795. The summed E-state index contributed by atoms with van der Waals surface area (Å²) >= 11 is 4.94. The summed E-state index contributed by atoms with van der Waals surface area (Å²) in [7, 11) is -1.67. The van der Waals surface area contributed by atoms with Crippen molar-refractivity contribution < 1.29 is 13.2 Å². The molecule has 1 aliphatic heterocycles. The van der Waals surface area contributed by atoms with Crippen LogP contribution in [0.4, 0.5) is 5.13 Å². The molecule has 1 aliphatic rings. The smallest absolute Gasteiger partial charge is 0.185 e. The van der Waals surface area contributed by atoms with E-state index in [2.05, 4.69) is 20.8 Å². The van der Waals surface area contributed by atoms with E-state index in [-0.39, 0.29) is 5.25 Å². The first-order valence-corrected chi connectivity index (χ1v) is 12.5. The normalized spacial score (nSPS) is 15.4. The van der Waals surface area contributed by atoms with E-state index in [1.807, 2.05) is 35.7 Å². The first-order valence-electron chi connectivity index (χ1n) is 9.32. The van der Waals surface area contributed by atoms with Crippen LogP contribution in [0.25, 0.3) is 11.3 Å². The Morgan fingerprint density at radius 1 is 1.14 bits per heavy atom. The van der Waals surface area contributed by atoms with Gasteiger partial charge in [-0.1, -0.05) is 34.1 Å². The SMILES string of the molecule is COc1ccccc1-c1csc(N2CCC(S(=O)(=O)c3cccc(Br)c3)CC2)n1. The van der Waals surface area contributed by atoms with Crippen LogP contribution in [-0.2, 0) is 9.84 Å². The van der Waals surface area contributed by atoms with Crippen LogP contribution in [0.3, 0.4) is 0 Å². The van der Waals surface area contributed by atoms with Crippen LogP contribution in [-0.4, -0.2) is 38.9 Å². The van der Waals surface area contributed by atoms with Crippen molar-refractivity contribution in [1.29, 1.82) is 0 Å². The second-order valence-corrected chi connectivity index (χ2v) is 10.9.